The number of nitrogens with one attached hydrogen (secondary N) is 1. The first-order valence-electron chi connectivity index (χ1n) is 8.64. The van der Waals surface area contributed by atoms with Crippen LogP contribution in [0.5, 0.6) is 0 Å². The molecule has 1 atom stereocenters. The number of anilines is 1. The fraction of sp³-hybridized carbons (Fsp3) is 0.579. The van der Waals surface area contributed by atoms with Crippen molar-refractivity contribution in [1.82, 2.24) is 5.32 Å². The molecular weight excluding hydrogens is 288 g/mol. The highest BCUT2D eigenvalue weighted by molar-refractivity contribution is 6.12. The SMILES string of the molecule is CC1Cc2ccccc2N1C(=O)C(C)(C)C(=O)NC1CCCC1. The highest BCUT2D eigenvalue weighted by Crippen LogP contribution is 2.35. The van der Waals surface area contributed by atoms with E-state index in [-0.39, 0.29) is 23.9 Å². The molecule has 124 valence electrons. The number of amides is 2. The fourth-order valence-corrected chi connectivity index (χ4v) is 3.71. The lowest BCUT2D eigenvalue weighted by molar-refractivity contribution is -0.140. The van der Waals surface area contributed by atoms with Crippen molar-refractivity contribution >= 4 is 17.5 Å². The van der Waals surface area contributed by atoms with E-state index in [2.05, 4.69) is 11.4 Å². The van der Waals surface area contributed by atoms with Gasteiger partial charge in [-0.25, -0.2) is 0 Å². The van der Waals surface area contributed by atoms with Crippen LogP contribution in [0.25, 0.3) is 0 Å². The molecule has 4 heteroatoms. The van der Waals surface area contributed by atoms with Crippen molar-refractivity contribution < 1.29 is 9.59 Å². The number of carbonyl (C=O) groups excluding carboxylic acids is 2. The zero-order valence-corrected chi connectivity index (χ0v) is 14.3. The molecule has 1 aromatic rings. The van der Waals surface area contributed by atoms with Gasteiger partial charge >= 0.3 is 0 Å². The van der Waals surface area contributed by atoms with Crippen LogP contribution in [-0.4, -0.2) is 23.9 Å². The van der Waals surface area contributed by atoms with Crippen molar-refractivity contribution in [2.75, 3.05) is 4.90 Å². The van der Waals surface area contributed by atoms with Gasteiger partial charge in [0.2, 0.25) is 11.8 Å². The van der Waals surface area contributed by atoms with E-state index in [0.29, 0.717) is 0 Å². The van der Waals surface area contributed by atoms with Crippen LogP contribution in [0, 0.1) is 5.41 Å². The van der Waals surface area contributed by atoms with Crippen LogP contribution in [0.1, 0.15) is 52.0 Å². The van der Waals surface area contributed by atoms with Crippen molar-refractivity contribution in [3.05, 3.63) is 29.8 Å². The van der Waals surface area contributed by atoms with Gasteiger partial charge in [0.1, 0.15) is 5.41 Å². The molecule has 4 nitrogen and oxygen atoms in total. The van der Waals surface area contributed by atoms with E-state index < -0.39 is 5.41 Å². The van der Waals surface area contributed by atoms with E-state index in [4.69, 9.17) is 0 Å². The average molecular weight is 314 g/mol. The molecule has 0 bridgehead atoms. The maximum atomic E-state index is 13.1. The summed E-state index contributed by atoms with van der Waals surface area (Å²) in [6.07, 6.45) is 5.23. The van der Waals surface area contributed by atoms with Gasteiger partial charge in [-0.05, 0) is 51.7 Å². The average Bonchev–Trinajstić information content (AvgIpc) is 3.12. The molecule has 1 aliphatic carbocycles. The predicted octanol–water partition coefficient (Wildman–Crippen LogP) is 3.05. The molecule has 1 aromatic carbocycles. The molecule has 0 spiro atoms. The fourth-order valence-electron chi connectivity index (χ4n) is 3.71. The normalized spacial score (nSPS) is 21.3. The largest absolute Gasteiger partial charge is 0.352 e. The van der Waals surface area contributed by atoms with Crippen molar-refractivity contribution in [2.45, 2.75) is 65.0 Å². The minimum atomic E-state index is -1.05. The Morgan fingerprint density at radius 2 is 1.83 bits per heavy atom. The van der Waals surface area contributed by atoms with Gasteiger partial charge in [0.25, 0.3) is 0 Å². The third-order valence-electron chi connectivity index (χ3n) is 5.22. The van der Waals surface area contributed by atoms with E-state index in [9.17, 15) is 9.59 Å². The van der Waals surface area contributed by atoms with Crippen molar-refractivity contribution in [1.29, 1.82) is 0 Å². The Hall–Kier alpha value is -1.84. The van der Waals surface area contributed by atoms with Crippen LogP contribution >= 0.6 is 0 Å². The summed E-state index contributed by atoms with van der Waals surface area (Å²) < 4.78 is 0. The Balaban J connectivity index is 1.79. The molecule has 2 aliphatic rings. The third-order valence-corrected chi connectivity index (χ3v) is 5.22. The number of nitrogens with zero attached hydrogens (tertiary/aromatic N) is 1. The minimum absolute atomic E-state index is 0.0958. The van der Waals surface area contributed by atoms with Gasteiger partial charge in [0, 0.05) is 17.8 Å². The van der Waals surface area contributed by atoms with E-state index in [1.165, 1.54) is 5.56 Å². The smallest absolute Gasteiger partial charge is 0.242 e. The van der Waals surface area contributed by atoms with Crippen molar-refractivity contribution in [3.8, 4) is 0 Å². The minimum Gasteiger partial charge on any atom is -0.352 e. The molecule has 1 aliphatic heterocycles. The molecule has 0 saturated heterocycles. The molecule has 0 aromatic heterocycles. The van der Waals surface area contributed by atoms with Crippen LogP contribution < -0.4 is 10.2 Å². The zero-order valence-electron chi connectivity index (χ0n) is 14.3. The molecule has 1 unspecified atom stereocenters. The summed E-state index contributed by atoms with van der Waals surface area (Å²) in [6.45, 7) is 5.53. The van der Waals surface area contributed by atoms with Crippen molar-refractivity contribution in [3.63, 3.8) is 0 Å². The van der Waals surface area contributed by atoms with Crippen LogP contribution in [0.4, 0.5) is 5.69 Å². The van der Waals surface area contributed by atoms with E-state index >= 15 is 0 Å². The van der Waals surface area contributed by atoms with Crippen molar-refractivity contribution in [2.24, 2.45) is 5.41 Å². The first-order valence-corrected chi connectivity index (χ1v) is 8.64. The first-order chi connectivity index (χ1) is 10.9. The lowest BCUT2D eigenvalue weighted by atomic mass is 9.89. The van der Waals surface area contributed by atoms with Gasteiger partial charge in [0.05, 0.1) is 0 Å². The number of benzene rings is 1. The summed E-state index contributed by atoms with van der Waals surface area (Å²) in [5.41, 5.74) is 1.08. The lowest BCUT2D eigenvalue weighted by Gasteiger charge is -2.32. The Labute approximate surface area is 138 Å². The monoisotopic (exact) mass is 314 g/mol. The lowest BCUT2D eigenvalue weighted by Crippen LogP contribution is -2.52. The number of carbonyl (C=O) groups is 2. The van der Waals surface area contributed by atoms with Crippen LogP contribution in [0.2, 0.25) is 0 Å². The maximum Gasteiger partial charge on any atom is 0.242 e. The van der Waals surface area contributed by atoms with Gasteiger partial charge in [-0.15, -0.1) is 0 Å². The van der Waals surface area contributed by atoms with E-state index in [1.807, 2.05) is 30.0 Å². The molecule has 2 amide bonds. The van der Waals surface area contributed by atoms with Crippen LogP contribution in [0.15, 0.2) is 24.3 Å². The molecule has 23 heavy (non-hydrogen) atoms. The molecule has 1 fully saturated rings. The number of hydrogen-bond donors (Lipinski definition) is 1. The van der Waals surface area contributed by atoms with Gasteiger partial charge in [0.15, 0.2) is 0 Å². The van der Waals surface area contributed by atoms with Gasteiger partial charge in [-0.3, -0.25) is 9.59 Å². The number of para-hydroxylation sites is 1. The second kappa shape index (κ2) is 5.99. The summed E-state index contributed by atoms with van der Waals surface area (Å²) in [5, 5.41) is 3.08. The summed E-state index contributed by atoms with van der Waals surface area (Å²) in [6, 6.07) is 8.31. The second-order valence-corrected chi connectivity index (χ2v) is 7.44. The summed E-state index contributed by atoms with van der Waals surface area (Å²) >= 11 is 0. The molecular formula is C19H26N2O2. The Bertz CT molecular complexity index is 618. The molecule has 0 radical (unpaired) electrons. The second-order valence-electron chi connectivity index (χ2n) is 7.44. The highest BCUT2D eigenvalue weighted by atomic mass is 16.2. The number of rotatable bonds is 3. The Morgan fingerprint density at radius 1 is 1.17 bits per heavy atom. The van der Waals surface area contributed by atoms with Gasteiger partial charge in [-0.1, -0.05) is 31.0 Å². The summed E-state index contributed by atoms with van der Waals surface area (Å²) in [4.78, 5) is 27.6. The quantitative estimate of drug-likeness (QED) is 0.872. The first kappa shape index (κ1) is 16.0. The Morgan fingerprint density at radius 3 is 2.52 bits per heavy atom. The number of hydrogen-bond acceptors (Lipinski definition) is 2. The van der Waals surface area contributed by atoms with Crippen LogP contribution in [0.3, 0.4) is 0 Å². The summed E-state index contributed by atoms with van der Waals surface area (Å²) in [5.74, 6) is -0.253. The van der Waals surface area contributed by atoms with Crippen LogP contribution in [-0.2, 0) is 16.0 Å². The topological polar surface area (TPSA) is 49.4 Å². The summed E-state index contributed by atoms with van der Waals surface area (Å²) in [7, 11) is 0. The highest BCUT2D eigenvalue weighted by Gasteiger charge is 2.44. The predicted molar refractivity (Wildman–Crippen MR) is 91.3 cm³/mol. The van der Waals surface area contributed by atoms with Gasteiger partial charge < -0.3 is 10.2 Å². The van der Waals surface area contributed by atoms with Gasteiger partial charge in [-0.2, -0.15) is 0 Å². The van der Waals surface area contributed by atoms with E-state index in [0.717, 1.165) is 37.8 Å². The third kappa shape index (κ3) is 2.87. The maximum absolute atomic E-state index is 13.1. The molecule has 1 saturated carbocycles. The molecule has 1 N–H and O–H groups in total. The Kier molecular flexibility index (Phi) is 4.17. The zero-order chi connectivity index (χ0) is 16.6. The molecule has 3 rings (SSSR count). The molecule has 1 heterocycles. The van der Waals surface area contributed by atoms with E-state index in [1.54, 1.807) is 13.8 Å². The standard InChI is InChI=1S/C19H26N2O2/c1-13-12-14-8-4-7-11-16(14)21(13)18(23)19(2,3)17(22)20-15-9-5-6-10-15/h4,7-8,11,13,15H,5-6,9-10,12H2,1-3H3,(H,20,22). The number of fused-ring (bicyclic) bond motifs is 1.